The molecule has 0 heterocycles. The smallest absolute Gasteiger partial charge is 0.376 e. The van der Waals surface area contributed by atoms with Gasteiger partial charge in [0.25, 0.3) is 0 Å². The molecular weight excluding hydrogens is 488 g/mol. The van der Waals surface area contributed by atoms with Crippen LogP contribution < -0.4 is 0 Å². The minimum Gasteiger partial charge on any atom is -0.376 e. The normalized spacial score (nSPS) is 32.4. The van der Waals surface area contributed by atoms with Gasteiger partial charge in [-0.3, -0.25) is 4.57 Å². The van der Waals surface area contributed by atoms with Gasteiger partial charge in [0.15, 0.2) is 5.85 Å². The Hall–Kier alpha value is -0.880. The van der Waals surface area contributed by atoms with E-state index in [1.807, 2.05) is 0 Å². The van der Waals surface area contributed by atoms with Crippen molar-refractivity contribution in [2.45, 2.75) is 104 Å². The van der Waals surface area contributed by atoms with Gasteiger partial charge < -0.3 is 14.2 Å². The average molecular weight is 533 g/mol. The predicted octanol–water partition coefficient (Wildman–Crippen LogP) is 8.84. The molecule has 4 nitrogen and oxygen atoms in total. The second-order valence-electron chi connectivity index (χ2n) is 11.9. The number of aliphatic hydroxyl groups excluding tert-OH is 1. The minimum absolute atomic E-state index is 0.0920. The van der Waals surface area contributed by atoms with Crippen LogP contribution in [-0.2, 0) is 19.8 Å². The molecule has 0 spiro atoms. The first-order valence-corrected chi connectivity index (χ1v) is 15.1. The molecule has 0 aliphatic heterocycles. The lowest BCUT2D eigenvalue weighted by atomic mass is 9.75. The highest BCUT2D eigenvalue weighted by atomic mass is 31.2. The van der Waals surface area contributed by atoms with Gasteiger partial charge in [0.2, 0.25) is 0 Å². The molecule has 1 aromatic carbocycles. The van der Waals surface area contributed by atoms with E-state index in [9.17, 15) is 22.8 Å². The summed E-state index contributed by atoms with van der Waals surface area (Å²) >= 11 is 0. The third-order valence-corrected chi connectivity index (χ3v) is 10.3. The van der Waals surface area contributed by atoms with Crippen molar-refractivity contribution in [1.82, 2.24) is 0 Å². The molecule has 0 bridgehead atoms. The number of hydrogen-bond acceptors (Lipinski definition) is 4. The maximum atomic E-state index is 14.6. The van der Waals surface area contributed by atoms with E-state index in [4.69, 9.17) is 9.05 Å². The van der Waals surface area contributed by atoms with Crippen LogP contribution in [0.2, 0.25) is 0 Å². The predicted molar refractivity (Wildman–Crippen MR) is 136 cm³/mol. The van der Waals surface area contributed by atoms with Crippen LogP contribution in [0.5, 0.6) is 0 Å². The van der Waals surface area contributed by atoms with Crippen LogP contribution in [-0.4, -0.2) is 17.3 Å². The zero-order valence-corrected chi connectivity index (χ0v) is 23.4. The minimum atomic E-state index is -4.71. The van der Waals surface area contributed by atoms with E-state index in [-0.39, 0.29) is 23.7 Å². The van der Waals surface area contributed by atoms with Gasteiger partial charge >= 0.3 is 13.8 Å². The van der Waals surface area contributed by atoms with Gasteiger partial charge in [0, 0.05) is 5.56 Å². The fourth-order valence-electron chi connectivity index (χ4n) is 6.14. The lowest BCUT2D eigenvalue weighted by molar-refractivity contribution is -0.138. The highest BCUT2D eigenvalue weighted by Gasteiger charge is 2.48. The quantitative estimate of drug-likeness (QED) is 0.340. The summed E-state index contributed by atoms with van der Waals surface area (Å²) in [5.74, 6) is -0.691. The molecule has 1 aromatic rings. The van der Waals surface area contributed by atoms with E-state index >= 15 is 0 Å². The lowest BCUT2D eigenvalue weighted by Crippen LogP contribution is -2.37. The molecule has 2 saturated carbocycles. The molecule has 8 heteroatoms. The largest absolute Gasteiger partial charge is 0.416 e. The van der Waals surface area contributed by atoms with Crippen molar-refractivity contribution in [3.8, 4) is 0 Å². The maximum absolute atomic E-state index is 14.6. The Morgan fingerprint density at radius 2 is 1.31 bits per heavy atom. The Balaban J connectivity index is 2.04. The molecule has 8 atom stereocenters. The van der Waals surface area contributed by atoms with Gasteiger partial charge in [0.05, 0.1) is 17.8 Å². The molecular formula is C28H44F3O4P. The monoisotopic (exact) mass is 532 g/mol. The summed E-state index contributed by atoms with van der Waals surface area (Å²) in [6.45, 7) is 12.5. The molecule has 3 rings (SSSR count). The van der Waals surface area contributed by atoms with Gasteiger partial charge in [-0.25, -0.2) is 0 Å². The summed E-state index contributed by atoms with van der Waals surface area (Å²) in [6.07, 6.45) is -0.538. The fourth-order valence-corrected chi connectivity index (χ4v) is 8.23. The zero-order chi connectivity index (χ0) is 26.8. The molecule has 36 heavy (non-hydrogen) atoms. The Labute approximate surface area is 214 Å². The van der Waals surface area contributed by atoms with E-state index in [0.717, 1.165) is 31.7 Å². The molecule has 0 radical (unpaired) electrons. The maximum Gasteiger partial charge on any atom is 0.416 e. The van der Waals surface area contributed by atoms with Gasteiger partial charge in [-0.05, 0) is 67.3 Å². The van der Waals surface area contributed by atoms with E-state index in [1.165, 1.54) is 18.2 Å². The van der Waals surface area contributed by atoms with Crippen molar-refractivity contribution < 1.29 is 31.9 Å². The summed E-state index contributed by atoms with van der Waals surface area (Å²) in [4.78, 5) is 0. The standard InChI is InChI=1S/C28H44F3O4P/c1-17(2)21-13-11-19(5)15-25(21)34-36(33,35-26-16-20(6)12-14-22(26)18(3)4)27(32)23-9-7-8-10-24(23)28(29,30)31/h7-10,17-22,25-27,32H,11-16H2,1-6H3/t19-,20+,21-,22-,25-,26-,27+,36?/m1/s1. The number of alkyl halides is 3. The SMILES string of the molecule is CC(C)[C@H]1CC[C@@H](C)C[C@H]1OP(=O)(O[C@@H]1C[C@@H](C)CC[C@@H]1C(C)C)[C@H](O)c1ccccc1C(F)(F)F. The van der Waals surface area contributed by atoms with E-state index < -0.39 is 43.0 Å². The third-order valence-electron chi connectivity index (χ3n) is 8.33. The van der Waals surface area contributed by atoms with Crippen LogP contribution in [0.15, 0.2) is 24.3 Å². The summed E-state index contributed by atoms with van der Waals surface area (Å²) in [5, 5.41) is 11.4. The molecule has 0 amide bonds. The Morgan fingerprint density at radius 3 is 1.72 bits per heavy atom. The van der Waals surface area contributed by atoms with Crippen LogP contribution in [0.1, 0.15) is 97.0 Å². The van der Waals surface area contributed by atoms with Crippen LogP contribution >= 0.6 is 7.60 Å². The van der Waals surface area contributed by atoms with Crippen LogP contribution in [0.25, 0.3) is 0 Å². The van der Waals surface area contributed by atoms with Crippen molar-refractivity contribution in [2.75, 3.05) is 0 Å². The summed E-state index contributed by atoms with van der Waals surface area (Å²) in [5.41, 5.74) is -1.47. The highest BCUT2D eigenvalue weighted by molar-refractivity contribution is 7.54. The Morgan fingerprint density at radius 1 is 0.861 bits per heavy atom. The Bertz CT molecular complexity index is 865. The van der Waals surface area contributed by atoms with E-state index in [1.54, 1.807) is 0 Å². The van der Waals surface area contributed by atoms with Gasteiger partial charge in [-0.15, -0.1) is 0 Å². The van der Waals surface area contributed by atoms with Crippen molar-refractivity contribution in [3.63, 3.8) is 0 Å². The highest BCUT2D eigenvalue weighted by Crippen LogP contribution is 2.65. The molecule has 0 saturated heterocycles. The number of aliphatic hydroxyl groups is 1. The molecule has 2 aliphatic rings. The first-order valence-electron chi connectivity index (χ1n) is 13.5. The Kier molecular flexibility index (Phi) is 9.80. The molecule has 2 fully saturated rings. The first-order chi connectivity index (χ1) is 16.7. The molecule has 1 unspecified atom stereocenters. The topological polar surface area (TPSA) is 55.8 Å². The molecule has 2 aliphatic carbocycles. The molecule has 1 N–H and O–H groups in total. The van der Waals surface area contributed by atoms with Crippen molar-refractivity contribution in [3.05, 3.63) is 35.4 Å². The number of halogens is 3. The van der Waals surface area contributed by atoms with Gasteiger partial charge in [-0.2, -0.15) is 13.2 Å². The number of hydrogen-bond donors (Lipinski definition) is 1. The number of benzene rings is 1. The van der Waals surface area contributed by atoms with E-state index in [2.05, 4.69) is 41.5 Å². The fraction of sp³-hybridized carbons (Fsp3) is 0.786. The summed E-state index contributed by atoms with van der Waals surface area (Å²) in [7, 11) is -4.42. The second-order valence-corrected chi connectivity index (χ2v) is 13.9. The zero-order valence-electron chi connectivity index (χ0n) is 22.5. The molecule has 0 aromatic heterocycles. The van der Waals surface area contributed by atoms with Crippen molar-refractivity contribution in [2.24, 2.45) is 35.5 Å². The second kappa shape index (κ2) is 11.9. The lowest BCUT2D eigenvalue weighted by Gasteiger charge is -2.42. The van der Waals surface area contributed by atoms with Gasteiger partial charge in [-0.1, -0.05) is 72.6 Å². The summed E-state index contributed by atoms with van der Waals surface area (Å²) < 4.78 is 68.8. The summed E-state index contributed by atoms with van der Waals surface area (Å²) in [6, 6.07) is 4.76. The van der Waals surface area contributed by atoms with Crippen LogP contribution in [0, 0.1) is 35.5 Å². The van der Waals surface area contributed by atoms with Gasteiger partial charge in [0.1, 0.15) is 0 Å². The average Bonchev–Trinajstić information content (AvgIpc) is 2.77. The van der Waals surface area contributed by atoms with Crippen LogP contribution in [0.4, 0.5) is 13.2 Å². The number of rotatable bonds is 8. The van der Waals surface area contributed by atoms with Crippen LogP contribution in [0.3, 0.4) is 0 Å². The first kappa shape index (κ1) is 29.7. The third kappa shape index (κ3) is 6.95. The van der Waals surface area contributed by atoms with Crippen molar-refractivity contribution >= 4 is 7.60 Å². The molecule has 206 valence electrons. The van der Waals surface area contributed by atoms with Crippen molar-refractivity contribution in [1.29, 1.82) is 0 Å². The van der Waals surface area contributed by atoms with E-state index in [0.29, 0.717) is 24.7 Å².